The van der Waals surface area contributed by atoms with Crippen molar-refractivity contribution in [3.63, 3.8) is 0 Å². The monoisotopic (exact) mass is 311 g/mol. The van der Waals surface area contributed by atoms with Gasteiger partial charge in [0.25, 0.3) is 0 Å². The lowest BCUT2D eigenvalue weighted by Crippen LogP contribution is -2.54. The van der Waals surface area contributed by atoms with Crippen molar-refractivity contribution in [1.82, 2.24) is 5.32 Å². The van der Waals surface area contributed by atoms with Gasteiger partial charge in [-0.1, -0.05) is 37.6 Å². The smallest absolute Gasteiger partial charge is 0.0579 e. The SMILES string of the molecule is CC(C)CC(Cc1cccc(Cl)c1)NCC1(CO)COC1. The maximum Gasteiger partial charge on any atom is 0.0579 e. The first-order valence-electron chi connectivity index (χ1n) is 7.69. The largest absolute Gasteiger partial charge is 0.396 e. The predicted molar refractivity (Wildman–Crippen MR) is 86.7 cm³/mol. The first-order valence-corrected chi connectivity index (χ1v) is 8.07. The maximum absolute atomic E-state index is 9.52. The predicted octanol–water partition coefficient (Wildman–Crippen LogP) is 2.90. The lowest BCUT2D eigenvalue weighted by Gasteiger charge is -2.41. The number of halogens is 1. The van der Waals surface area contributed by atoms with E-state index >= 15 is 0 Å². The van der Waals surface area contributed by atoms with Crippen LogP contribution in [0.4, 0.5) is 0 Å². The van der Waals surface area contributed by atoms with Crippen LogP contribution >= 0.6 is 11.6 Å². The molecule has 1 saturated heterocycles. The van der Waals surface area contributed by atoms with Gasteiger partial charge in [0.05, 0.1) is 25.2 Å². The molecule has 1 fully saturated rings. The van der Waals surface area contributed by atoms with Crippen molar-refractivity contribution in [1.29, 1.82) is 0 Å². The minimum Gasteiger partial charge on any atom is -0.396 e. The highest BCUT2D eigenvalue weighted by Crippen LogP contribution is 2.26. The van der Waals surface area contributed by atoms with E-state index in [2.05, 4.69) is 25.2 Å². The second-order valence-electron chi connectivity index (χ2n) is 6.69. The van der Waals surface area contributed by atoms with E-state index in [1.54, 1.807) is 0 Å². The van der Waals surface area contributed by atoms with Crippen LogP contribution in [-0.4, -0.2) is 37.5 Å². The lowest BCUT2D eigenvalue weighted by atomic mass is 9.86. The summed E-state index contributed by atoms with van der Waals surface area (Å²) in [6, 6.07) is 8.45. The molecule has 118 valence electrons. The van der Waals surface area contributed by atoms with Gasteiger partial charge < -0.3 is 15.2 Å². The van der Waals surface area contributed by atoms with Crippen LogP contribution in [0.3, 0.4) is 0 Å². The highest BCUT2D eigenvalue weighted by molar-refractivity contribution is 6.30. The summed E-state index contributed by atoms with van der Waals surface area (Å²) in [5, 5.41) is 13.9. The molecule has 1 heterocycles. The zero-order chi connectivity index (χ0) is 15.3. The van der Waals surface area contributed by atoms with Crippen LogP contribution in [0, 0.1) is 11.3 Å². The molecule has 0 saturated carbocycles. The van der Waals surface area contributed by atoms with Gasteiger partial charge in [0, 0.05) is 17.6 Å². The molecule has 0 aliphatic carbocycles. The summed E-state index contributed by atoms with van der Waals surface area (Å²) in [4.78, 5) is 0. The third-order valence-corrected chi connectivity index (χ3v) is 4.28. The lowest BCUT2D eigenvalue weighted by molar-refractivity contribution is -0.135. The number of aliphatic hydroxyl groups is 1. The van der Waals surface area contributed by atoms with Crippen molar-refractivity contribution in [3.8, 4) is 0 Å². The number of hydrogen-bond donors (Lipinski definition) is 2. The number of nitrogens with one attached hydrogen (secondary N) is 1. The molecule has 0 radical (unpaired) electrons. The molecule has 1 atom stereocenters. The molecule has 4 heteroatoms. The molecule has 0 bridgehead atoms. The van der Waals surface area contributed by atoms with E-state index in [0.29, 0.717) is 25.2 Å². The van der Waals surface area contributed by atoms with Gasteiger partial charge in [0.1, 0.15) is 0 Å². The van der Waals surface area contributed by atoms with Crippen LogP contribution in [0.2, 0.25) is 5.02 Å². The van der Waals surface area contributed by atoms with Gasteiger partial charge in [0.15, 0.2) is 0 Å². The van der Waals surface area contributed by atoms with Crippen LogP contribution in [0.1, 0.15) is 25.8 Å². The van der Waals surface area contributed by atoms with Crippen LogP contribution in [-0.2, 0) is 11.2 Å². The van der Waals surface area contributed by atoms with E-state index in [1.807, 2.05) is 18.2 Å². The Balaban J connectivity index is 1.94. The van der Waals surface area contributed by atoms with Crippen molar-refractivity contribution < 1.29 is 9.84 Å². The van der Waals surface area contributed by atoms with Crippen molar-refractivity contribution in [2.45, 2.75) is 32.7 Å². The molecule has 0 amide bonds. The Labute approximate surface area is 132 Å². The average Bonchev–Trinajstić information content (AvgIpc) is 2.37. The molecule has 1 aliphatic rings. The second-order valence-corrected chi connectivity index (χ2v) is 7.13. The van der Waals surface area contributed by atoms with Gasteiger partial charge in [-0.2, -0.15) is 0 Å². The van der Waals surface area contributed by atoms with Gasteiger partial charge in [-0.05, 0) is 36.5 Å². The maximum atomic E-state index is 9.52. The molecule has 1 aromatic carbocycles. The molecule has 3 nitrogen and oxygen atoms in total. The number of hydrogen-bond acceptors (Lipinski definition) is 3. The first kappa shape index (κ1) is 16.8. The quantitative estimate of drug-likeness (QED) is 0.775. The van der Waals surface area contributed by atoms with Crippen LogP contribution in [0.25, 0.3) is 0 Å². The van der Waals surface area contributed by atoms with Crippen LogP contribution in [0.5, 0.6) is 0 Å². The average molecular weight is 312 g/mol. The summed E-state index contributed by atoms with van der Waals surface area (Å²) in [6.07, 6.45) is 2.07. The van der Waals surface area contributed by atoms with Crippen molar-refractivity contribution in [3.05, 3.63) is 34.9 Å². The zero-order valence-electron chi connectivity index (χ0n) is 12.9. The molecule has 21 heavy (non-hydrogen) atoms. The normalized spacial score (nSPS) is 18.5. The molecule has 1 aromatic rings. The fourth-order valence-electron chi connectivity index (χ4n) is 2.76. The number of rotatable bonds is 8. The van der Waals surface area contributed by atoms with Crippen molar-refractivity contribution >= 4 is 11.6 Å². The Morgan fingerprint density at radius 1 is 1.38 bits per heavy atom. The summed E-state index contributed by atoms with van der Waals surface area (Å²) in [5.74, 6) is 0.629. The Bertz CT molecular complexity index is 441. The van der Waals surface area contributed by atoms with Gasteiger partial charge in [-0.3, -0.25) is 0 Å². The standard InChI is InChI=1S/C17H26ClNO2/c1-13(2)6-16(8-14-4-3-5-15(18)7-14)19-9-17(10-20)11-21-12-17/h3-5,7,13,16,19-20H,6,8-12H2,1-2H3. The third kappa shape index (κ3) is 4.96. The van der Waals surface area contributed by atoms with E-state index in [9.17, 15) is 5.11 Å². The van der Waals surface area contributed by atoms with E-state index in [4.69, 9.17) is 16.3 Å². The van der Waals surface area contributed by atoms with E-state index < -0.39 is 0 Å². The van der Waals surface area contributed by atoms with Gasteiger partial charge in [0.2, 0.25) is 0 Å². The van der Waals surface area contributed by atoms with Crippen LogP contribution in [0.15, 0.2) is 24.3 Å². The number of aliphatic hydroxyl groups excluding tert-OH is 1. The molecular formula is C17H26ClNO2. The van der Waals surface area contributed by atoms with Gasteiger partial charge in [-0.25, -0.2) is 0 Å². The summed E-state index contributed by atoms with van der Waals surface area (Å²) in [6.45, 7) is 6.78. The highest BCUT2D eigenvalue weighted by Gasteiger charge is 2.38. The molecule has 1 aliphatic heterocycles. The minimum absolute atomic E-state index is 0.0798. The summed E-state index contributed by atoms with van der Waals surface area (Å²) in [7, 11) is 0. The second kappa shape index (κ2) is 7.59. The van der Waals surface area contributed by atoms with E-state index in [1.165, 1.54) is 5.56 Å². The number of ether oxygens (including phenoxy) is 1. The highest BCUT2D eigenvalue weighted by atomic mass is 35.5. The van der Waals surface area contributed by atoms with Gasteiger partial charge >= 0.3 is 0 Å². The minimum atomic E-state index is -0.0798. The topological polar surface area (TPSA) is 41.5 Å². The molecule has 2 N–H and O–H groups in total. The fraction of sp³-hybridized carbons (Fsp3) is 0.647. The van der Waals surface area contributed by atoms with Crippen LogP contribution < -0.4 is 5.32 Å². The first-order chi connectivity index (χ1) is 10.0. The molecule has 2 rings (SSSR count). The molecule has 0 spiro atoms. The van der Waals surface area contributed by atoms with Crippen molar-refractivity contribution in [2.75, 3.05) is 26.4 Å². The Morgan fingerprint density at radius 2 is 2.14 bits per heavy atom. The Morgan fingerprint density at radius 3 is 2.67 bits per heavy atom. The summed E-state index contributed by atoms with van der Waals surface area (Å²) in [5.41, 5.74) is 1.17. The summed E-state index contributed by atoms with van der Waals surface area (Å²) < 4.78 is 5.26. The Hall–Kier alpha value is -0.610. The zero-order valence-corrected chi connectivity index (χ0v) is 13.7. The fourth-order valence-corrected chi connectivity index (χ4v) is 2.97. The van der Waals surface area contributed by atoms with Gasteiger partial charge in [-0.15, -0.1) is 0 Å². The van der Waals surface area contributed by atoms with E-state index in [-0.39, 0.29) is 12.0 Å². The third-order valence-electron chi connectivity index (χ3n) is 4.04. The number of benzene rings is 1. The molecule has 0 aromatic heterocycles. The molecular weight excluding hydrogens is 286 g/mol. The van der Waals surface area contributed by atoms with E-state index in [0.717, 1.165) is 24.4 Å². The summed E-state index contributed by atoms with van der Waals surface area (Å²) >= 11 is 6.07. The Kier molecular flexibility index (Phi) is 6.06. The molecule has 1 unspecified atom stereocenters. The van der Waals surface area contributed by atoms with Crippen molar-refractivity contribution in [2.24, 2.45) is 11.3 Å².